The van der Waals surface area contributed by atoms with Crippen LogP contribution in [0.3, 0.4) is 0 Å². The number of likely N-dealkylation sites (tertiary alicyclic amines) is 1. The van der Waals surface area contributed by atoms with Crippen LogP contribution in [0.15, 0.2) is 12.1 Å². The molecule has 1 saturated heterocycles. The second-order valence-corrected chi connectivity index (χ2v) is 8.78. The van der Waals surface area contributed by atoms with Crippen LogP contribution in [0.4, 0.5) is 13.9 Å². The topological polar surface area (TPSA) is 65.5 Å². The molecule has 2 heterocycles. The van der Waals surface area contributed by atoms with E-state index in [1.165, 1.54) is 6.07 Å². The molecule has 0 spiro atoms. The number of halogens is 2. The minimum absolute atomic E-state index is 0.0620. The number of anilines is 1. The van der Waals surface area contributed by atoms with Crippen LogP contribution in [0.2, 0.25) is 0 Å². The van der Waals surface area contributed by atoms with Gasteiger partial charge in [0.05, 0.1) is 4.70 Å². The van der Waals surface area contributed by atoms with Crippen LogP contribution in [0.5, 0.6) is 0 Å². The van der Waals surface area contributed by atoms with E-state index in [4.69, 9.17) is 0 Å². The summed E-state index contributed by atoms with van der Waals surface area (Å²) in [4.78, 5) is 18.4. The molecule has 2 atom stereocenters. The molecule has 5 nitrogen and oxygen atoms in total. The number of hydrogen-bond donors (Lipinski definition) is 2. The SMILES string of the molecule is CC(C)(C)C(=O)N1CCCC(C(O)Nc2nc3c(F)cc(F)cc3s2)C1. The lowest BCUT2D eigenvalue weighted by Gasteiger charge is -2.38. The van der Waals surface area contributed by atoms with Crippen LogP contribution in [-0.2, 0) is 4.79 Å². The van der Waals surface area contributed by atoms with Crippen LogP contribution >= 0.6 is 11.3 Å². The first-order valence-corrected chi connectivity index (χ1v) is 9.46. The Kier molecular flexibility index (Phi) is 5.16. The van der Waals surface area contributed by atoms with Crippen LogP contribution in [0.1, 0.15) is 33.6 Å². The van der Waals surface area contributed by atoms with Gasteiger partial charge in [0.15, 0.2) is 10.9 Å². The fraction of sp³-hybridized carbons (Fsp3) is 0.556. The molecule has 1 aromatic carbocycles. The first-order chi connectivity index (χ1) is 12.1. The maximum absolute atomic E-state index is 13.8. The second kappa shape index (κ2) is 7.08. The Morgan fingerprint density at radius 1 is 1.42 bits per heavy atom. The number of carbonyl (C=O) groups excluding carboxylic acids is 1. The zero-order valence-corrected chi connectivity index (χ0v) is 15.9. The molecular weight excluding hydrogens is 360 g/mol. The lowest BCUT2D eigenvalue weighted by Crippen LogP contribution is -2.48. The number of benzene rings is 1. The summed E-state index contributed by atoms with van der Waals surface area (Å²) in [6, 6.07) is 2.01. The lowest BCUT2D eigenvalue weighted by molar-refractivity contribution is -0.142. The smallest absolute Gasteiger partial charge is 0.227 e. The number of amides is 1. The van der Waals surface area contributed by atoms with Crippen molar-refractivity contribution in [2.24, 2.45) is 11.3 Å². The van der Waals surface area contributed by atoms with Crippen molar-refractivity contribution in [1.29, 1.82) is 0 Å². The molecule has 2 N–H and O–H groups in total. The second-order valence-electron chi connectivity index (χ2n) is 7.75. The van der Waals surface area contributed by atoms with Gasteiger partial charge in [-0.2, -0.15) is 0 Å². The Bertz CT molecular complexity index is 819. The number of aliphatic hydroxyl groups excluding tert-OH is 1. The van der Waals surface area contributed by atoms with Crippen LogP contribution in [-0.4, -0.2) is 40.2 Å². The van der Waals surface area contributed by atoms with Gasteiger partial charge < -0.3 is 15.3 Å². The Morgan fingerprint density at radius 2 is 2.15 bits per heavy atom. The molecule has 142 valence electrons. The maximum atomic E-state index is 13.8. The molecule has 8 heteroatoms. The number of piperidine rings is 1. The van der Waals surface area contributed by atoms with Gasteiger partial charge in [-0.05, 0) is 18.9 Å². The molecule has 0 bridgehead atoms. The summed E-state index contributed by atoms with van der Waals surface area (Å²) in [5.41, 5.74) is -0.381. The molecule has 0 saturated carbocycles. The summed E-state index contributed by atoms with van der Waals surface area (Å²) in [5, 5.41) is 13.7. The number of thiazole rings is 1. The van der Waals surface area contributed by atoms with Crippen LogP contribution in [0.25, 0.3) is 10.2 Å². The molecular formula is C18H23F2N3O2S. The third-order valence-electron chi connectivity index (χ3n) is 4.52. The molecule has 2 aromatic rings. The van der Waals surface area contributed by atoms with Crippen molar-refractivity contribution in [3.63, 3.8) is 0 Å². The molecule has 1 aromatic heterocycles. The minimum atomic E-state index is -0.918. The van der Waals surface area contributed by atoms with Gasteiger partial charge in [-0.1, -0.05) is 32.1 Å². The first kappa shape index (κ1) is 19.0. The van der Waals surface area contributed by atoms with E-state index in [2.05, 4.69) is 10.3 Å². The highest BCUT2D eigenvalue weighted by atomic mass is 32.1. The van der Waals surface area contributed by atoms with Gasteiger partial charge >= 0.3 is 0 Å². The van der Waals surface area contributed by atoms with Gasteiger partial charge in [-0.3, -0.25) is 4.79 Å². The van der Waals surface area contributed by atoms with Crippen LogP contribution < -0.4 is 5.32 Å². The average Bonchev–Trinajstić information content (AvgIpc) is 2.96. The van der Waals surface area contributed by atoms with Crippen molar-refractivity contribution < 1.29 is 18.7 Å². The number of nitrogens with zero attached hydrogens (tertiary/aromatic N) is 2. The molecule has 1 amide bonds. The standard InChI is InChI=1S/C18H23F2N3O2S/c1-18(2,3)16(25)23-6-4-5-10(9-23)15(24)22-17-21-14-12(20)7-11(19)8-13(14)26-17/h7-8,10,15,24H,4-6,9H2,1-3H3,(H,21,22). The van der Waals surface area contributed by atoms with Gasteiger partial charge in [-0.25, -0.2) is 13.8 Å². The first-order valence-electron chi connectivity index (χ1n) is 8.65. The van der Waals surface area contributed by atoms with Crippen molar-refractivity contribution in [3.05, 3.63) is 23.8 Å². The Balaban J connectivity index is 1.70. The van der Waals surface area contributed by atoms with Crippen molar-refractivity contribution in [2.45, 2.75) is 39.8 Å². The Morgan fingerprint density at radius 3 is 2.85 bits per heavy atom. The normalized spacial score (nSPS) is 19.6. The molecule has 0 aliphatic carbocycles. The van der Waals surface area contributed by atoms with E-state index in [0.29, 0.717) is 22.9 Å². The molecule has 2 unspecified atom stereocenters. The van der Waals surface area contributed by atoms with E-state index >= 15 is 0 Å². The summed E-state index contributed by atoms with van der Waals surface area (Å²) in [6.45, 7) is 6.77. The number of hydrogen-bond acceptors (Lipinski definition) is 5. The summed E-state index contributed by atoms with van der Waals surface area (Å²) in [7, 11) is 0. The highest BCUT2D eigenvalue weighted by Gasteiger charge is 2.33. The lowest BCUT2D eigenvalue weighted by atomic mass is 9.90. The fourth-order valence-electron chi connectivity index (χ4n) is 3.19. The predicted molar refractivity (Wildman–Crippen MR) is 97.9 cm³/mol. The molecule has 3 rings (SSSR count). The number of rotatable bonds is 3. The van der Waals surface area contributed by atoms with Crippen LogP contribution in [0, 0.1) is 23.0 Å². The van der Waals surface area contributed by atoms with Crippen molar-refractivity contribution >= 4 is 32.6 Å². The molecule has 1 aliphatic rings. The van der Waals surface area contributed by atoms with E-state index in [9.17, 15) is 18.7 Å². The highest BCUT2D eigenvalue weighted by Crippen LogP contribution is 2.31. The van der Waals surface area contributed by atoms with E-state index in [0.717, 1.165) is 30.2 Å². The third kappa shape index (κ3) is 3.96. The zero-order valence-electron chi connectivity index (χ0n) is 15.1. The van der Waals surface area contributed by atoms with Crippen molar-refractivity contribution in [2.75, 3.05) is 18.4 Å². The van der Waals surface area contributed by atoms with E-state index in [-0.39, 0.29) is 17.3 Å². The average molecular weight is 383 g/mol. The summed E-state index contributed by atoms with van der Waals surface area (Å²) >= 11 is 1.09. The summed E-state index contributed by atoms with van der Waals surface area (Å²) < 4.78 is 27.5. The van der Waals surface area contributed by atoms with E-state index < -0.39 is 23.3 Å². The highest BCUT2D eigenvalue weighted by molar-refractivity contribution is 7.22. The quantitative estimate of drug-likeness (QED) is 0.795. The minimum Gasteiger partial charge on any atom is -0.373 e. The molecule has 1 aliphatic heterocycles. The predicted octanol–water partition coefficient (Wildman–Crippen LogP) is 3.59. The fourth-order valence-corrected chi connectivity index (χ4v) is 4.13. The summed E-state index contributed by atoms with van der Waals surface area (Å²) in [5.74, 6) is -1.47. The number of nitrogens with one attached hydrogen (secondary N) is 1. The van der Waals surface area contributed by atoms with Gasteiger partial charge in [0.2, 0.25) is 5.91 Å². The monoisotopic (exact) mass is 383 g/mol. The van der Waals surface area contributed by atoms with Crippen molar-refractivity contribution in [1.82, 2.24) is 9.88 Å². The largest absolute Gasteiger partial charge is 0.373 e. The Labute approximate surface area is 155 Å². The van der Waals surface area contributed by atoms with Crippen molar-refractivity contribution in [3.8, 4) is 0 Å². The number of aromatic nitrogens is 1. The number of fused-ring (bicyclic) bond motifs is 1. The zero-order chi connectivity index (χ0) is 19.1. The maximum Gasteiger partial charge on any atom is 0.227 e. The number of carbonyl (C=O) groups is 1. The molecule has 26 heavy (non-hydrogen) atoms. The molecule has 1 fully saturated rings. The molecule has 0 radical (unpaired) electrons. The van der Waals surface area contributed by atoms with Gasteiger partial charge in [0.1, 0.15) is 17.6 Å². The number of aliphatic hydroxyl groups is 1. The van der Waals surface area contributed by atoms with E-state index in [1.807, 2.05) is 20.8 Å². The Hall–Kier alpha value is -1.80. The summed E-state index contributed by atoms with van der Waals surface area (Å²) in [6.07, 6.45) is 0.667. The third-order valence-corrected chi connectivity index (χ3v) is 5.45. The van der Waals surface area contributed by atoms with Gasteiger partial charge in [0.25, 0.3) is 0 Å². The van der Waals surface area contributed by atoms with E-state index in [1.54, 1.807) is 4.90 Å². The van der Waals surface area contributed by atoms with Gasteiger partial charge in [-0.15, -0.1) is 0 Å². The van der Waals surface area contributed by atoms with Gasteiger partial charge in [0, 0.05) is 30.5 Å².